The van der Waals surface area contributed by atoms with Crippen molar-refractivity contribution in [2.75, 3.05) is 38.6 Å². The molecule has 124 valence electrons. The fourth-order valence-corrected chi connectivity index (χ4v) is 2.48. The van der Waals surface area contributed by atoms with Crippen molar-refractivity contribution in [1.82, 2.24) is 9.80 Å². The predicted molar refractivity (Wildman–Crippen MR) is 85.5 cm³/mol. The van der Waals surface area contributed by atoms with Gasteiger partial charge in [-0.15, -0.1) is 0 Å². The molecule has 1 fully saturated rings. The number of piperazine rings is 1. The first kappa shape index (κ1) is 17.1. The van der Waals surface area contributed by atoms with Crippen LogP contribution in [0.4, 0.5) is 5.69 Å². The van der Waals surface area contributed by atoms with E-state index in [0.29, 0.717) is 36.1 Å². The topological polar surface area (TPSA) is 79.0 Å². The van der Waals surface area contributed by atoms with Crippen molar-refractivity contribution in [3.8, 4) is 5.75 Å². The van der Waals surface area contributed by atoms with E-state index in [4.69, 9.17) is 16.3 Å². The second-order valence-corrected chi connectivity index (χ2v) is 5.44. The highest BCUT2D eigenvalue weighted by molar-refractivity contribution is 6.35. The number of rotatable bonds is 5. The Morgan fingerprint density at radius 1 is 1.26 bits per heavy atom. The number of nitrogens with one attached hydrogen (secondary N) is 1. The van der Waals surface area contributed by atoms with Gasteiger partial charge >= 0.3 is 11.8 Å². The first-order valence-electron chi connectivity index (χ1n) is 7.17. The Hall–Kier alpha value is -2.28. The molecule has 7 nitrogen and oxygen atoms in total. The molecule has 0 radical (unpaired) electrons. The first-order chi connectivity index (χ1) is 11.0. The number of carbonyl (C=O) groups excluding carboxylic acids is 3. The monoisotopic (exact) mass is 339 g/mol. The van der Waals surface area contributed by atoms with Crippen LogP contribution in [0.3, 0.4) is 0 Å². The lowest BCUT2D eigenvalue weighted by molar-refractivity contribution is -0.156. The van der Waals surface area contributed by atoms with Crippen molar-refractivity contribution in [2.24, 2.45) is 0 Å². The minimum atomic E-state index is -0.661. The predicted octanol–water partition coefficient (Wildman–Crippen LogP) is 0.978. The van der Waals surface area contributed by atoms with Crippen LogP contribution in [-0.4, -0.2) is 60.8 Å². The molecule has 1 aromatic rings. The van der Waals surface area contributed by atoms with Gasteiger partial charge in [-0.2, -0.15) is 0 Å². The molecule has 1 aliphatic rings. The van der Waals surface area contributed by atoms with Gasteiger partial charge in [0.25, 0.3) is 0 Å². The zero-order valence-electron chi connectivity index (χ0n) is 13.0. The van der Waals surface area contributed by atoms with E-state index in [2.05, 4.69) is 5.32 Å². The number of hydrogen-bond acceptors (Lipinski definition) is 4. The largest absolute Gasteiger partial charge is 0.495 e. The van der Waals surface area contributed by atoms with Crippen molar-refractivity contribution < 1.29 is 19.1 Å². The third kappa shape index (κ3) is 3.92. The van der Waals surface area contributed by atoms with Crippen molar-refractivity contribution >= 4 is 35.0 Å². The van der Waals surface area contributed by atoms with E-state index in [0.717, 1.165) is 0 Å². The quantitative estimate of drug-likeness (QED) is 0.811. The van der Waals surface area contributed by atoms with Crippen LogP contribution in [0.5, 0.6) is 5.75 Å². The van der Waals surface area contributed by atoms with Gasteiger partial charge in [-0.25, -0.2) is 0 Å². The van der Waals surface area contributed by atoms with E-state index in [1.54, 1.807) is 25.1 Å². The molecule has 1 heterocycles. The molecule has 0 saturated carbocycles. The number of hydrogen-bond donors (Lipinski definition) is 1. The third-order valence-electron chi connectivity index (χ3n) is 3.55. The Balaban J connectivity index is 2.02. The van der Waals surface area contributed by atoms with Crippen molar-refractivity contribution in [1.29, 1.82) is 0 Å². The molecule has 0 unspecified atom stereocenters. The van der Waals surface area contributed by atoms with E-state index in [1.165, 1.54) is 16.9 Å². The zero-order chi connectivity index (χ0) is 17.0. The average Bonchev–Trinajstić information content (AvgIpc) is 2.52. The number of halogens is 1. The minimum absolute atomic E-state index is 0.197. The average molecular weight is 340 g/mol. The summed E-state index contributed by atoms with van der Waals surface area (Å²) in [6.45, 7) is 2.84. The molecule has 1 aliphatic heterocycles. The normalized spacial score (nSPS) is 14.9. The van der Waals surface area contributed by atoms with E-state index < -0.39 is 17.7 Å². The van der Waals surface area contributed by atoms with Crippen LogP contribution in [-0.2, 0) is 14.4 Å². The molecule has 3 amide bonds. The Morgan fingerprint density at radius 2 is 1.91 bits per heavy atom. The summed E-state index contributed by atoms with van der Waals surface area (Å²) in [5, 5.41) is 3.09. The summed E-state index contributed by atoms with van der Waals surface area (Å²) < 4.78 is 5.14. The summed E-state index contributed by atoms with van der Waals surface area (Å²) in [7, 11) is 1.48. The van der Waals surface area contributed by atoms with Crippen molar-refractivity contribution in [2.45, 2.75) is 6.92 Å². The van der Waals surface area contributed by atoms with E-state index in [9.17, 15) is 14.4 Å². The number of carbonyl (C=O) groups is 3. The lowest BCUT2D eigenvalue weighted by atomic mass is 10.2. The minimum Gasteiger partial charge on any atom is -0.495 e. The molecule has 23 heavy (non-hydrogen) atoms. The van der Waals surface area contributed by atoms with Gasteiger partial charge in [-0.1, -0.05) is 11.6 Å². The summed E-state index contributed by atoms with van der Waals surface area (Å²) in [6, 6.07) is 4.83. The molecule has 8 heteroatoms. The zero-order valence-corrected chi connectivity index (χ0v) is 13.7. The number of methoxy groups -OCH3 is 1. The Labute approximate surface area is 139 Å². The molecule has 1 saturated heterocycles. The Kier molecular flexibility index (Phi) is 5.44. The van der Waals surface area contributed by atoms with Gasteiger partial charge in [0.05, 0.1) is 12.8 Å². The number of anilines is 1. The van der Waals surface area contributed by atoms with E-state index in [1.807, 2.05) is 0 Å². The van der Waals surface area contributed by atoms with Gasteiger partial charge in [-0.05, 0) is 25.1 Å². The van der Waals surface area contributed by atoms with Crippen molar-refractivity contribution in [3.05, 3.63) is 23.2 Å². The molecular weight excluding hydrogens is 322 g/mol. The highest BCUT2D eigenvalue weighted by atomic mass is 35.5. The van der Waals surface area contributed by atoms with E-state index in [-0.39, 0.29) is 6.54 Å². The fraction of sp³-hybridized carbons (Fsp3) is 0.400. The van der Waals surface area contributed by atoms with Gasteiger partial charge in [0, 0.05) is 24.7 Å². The van der Waals surface area contributed by atoms with Gasteiger partial charge in [-0.3, -0.25) is 14.4 Å². The van der Waals surface area contributed by atoms with Crippen LogP contribution < -0.4 is 10.1 Å². The highest BCUT2D eigenvalue weighted by Crippen LogP contribution is 2.27. The Morgan fingerprint density at radius 3 is 2.57 bits per heavy atom. The maximum Gasteiger partial charge on any atom is 0.312 e. The second-order valence-electron chi connectivity index (χ2n) is 5.00. The SMILES string of the molecule is CCN1CCN(CC(=O)Nc2cc(Cl)ccc2OC)C(=O)C1=O. The highest BCUT2D eigenvalue weighted by Gasteiger charge is 2.32. The number of likely N-dealkylation sites (N-methyl/N-ethyl adjacent to an activating group) is 1. The first-order valence-corrected chi connectivity index (χ1v) is 7.55. The second kappa shape index (κ2) is 7.32. The summed E-state index contributed by atoms with van der Waals surface area (Å²) >= 11 is 5.90. The standard InChI is InChI=1S/C15H18ClN3O4/c1-3-18-6-7-19(15(22)14(18)21)9-13(20)17-11-8-10(16)4-5-12(11)23-2/h4-5,8H,3,6-7,9H2,1-2H3,(H,17,20). The molecule has 0 spiro atoms. The molecule has 0 aliphatic carbocycles. The lowest BCUT2D eigenvalue weighted by Gasteiger charge is -2.32. The summed E-state index contributed by atoms with van der Waals surface area (Å²) in [4.78, 5) is 38.6. The molecular formula is C15H18ClN3O4. The molecule has 0 atom stereocenters. The smallest absolute Gasteiger partial charge is 0.312 e. The summed E-state index contributed by atoms with van der Waals surface area (Å²) in [5.74, 6) is -1.20. The molecule has 2 rings (SSSR count). The van der Waals surface area contributed by atoms with E-state index >= 15 is 0 Å². The van der Waals surface area contributed by atoms with Crippen LogP contribution >= 0.6 is 11.6 Å². The maximum atomic E-state index is 12.1. The Bertz CT molecular complexity index is 635. The van der Waals surface area contributed by atoms with Crippen LogP contribution in [0.15, 0.2) is 18.2 Å². The van der Waals surface area contributed by atoms with Crippen LogP contribution in [0, 0.1) is 0 Å². The number of nitrogens with zero attached hydrogens (tertiary/aromatic N) is 2. The van der Waals surface area contributed by atoms with Crippen LogP contribution in [0.25, 0.3) is 0 Å². The number of benzene rings is 1. The number of ether oxygens (including phenoxy) is 1. The molecule has 1 N–H and O–H groups in total. The number of amides is 3. The van der Waals surface area contributed by atoms with Crippen molar-refractivity contribution in [3.63, 3.8) is 0 Å². The van der Waals surface area contributed by atoms with Gasteiger partial charge in [0.15, 0.2) is 0 Å². The van der Waals surface area contributed by atoms with Gasteiger partial charge in [0.2, 0.25) is 5.91 Å². The molecule has 0 bridgehead atoms. The summed E-state index contributed by atoms with van der Waals surface area (Å²) in [6.07, 6.45) is 0. The molecule has 1 aromatic carbocycles. The van der Waals surface area contributed by atoms with Gasteiger partial charge in [0.1, 0.15) is 12.3 Å². The molecule has 0 aromatic heterocycles. The van der Waals surface area contributed by atoms with Crippen LogP contribution in [0.1, 0.15) is 6.92 Å². The fourth-order valence-electron chi connectivity index (χ4n) is 2.31. The lowest BCUT2D eigenvalue weighted by Crippen LogP contribution is -2.55. The van der Waals surface area contributed by atoms with Crippen LogP contribution in [0.2, 0.25) is 5.02 Å². The third-order valence-corrected chi connectivity index (χ3v) is 3.78. The summed E-state index contributed by atoms with van der Waals surface area (Å²) in [5.41, 5.74) is 0.413. The van der Waals surface area contributed by atoms with Gasteiger partial charge < -0.3 is 19.9 Å². The maximum absolute atomic E-state index is 12.1.